The van der Waals surface area contributed by atoms with Crippen molar-refractivity contribution >= 4 is 45.9 Å². The molecule has 1 aromatic carbocycles. The lowest BCUT2D eigenvalue weighted by Gasteiger charge is -2.20. The zero-order valence-electron chi connectivity index (χ0n) is 11.8. The van der Waals surface area contributed by atoms with Crippen molar-refractivity contribution in [1.82, 2.24) is 4.90 Å². The first-order chi connectivity index (χ1) is 9.65. The van der Waals surface area contributed by atoms with E-state index in [2.05, 4.69) is 20.9 Å². The summed E-state index contributed by atoms with van der Waals surface area (Å²) in [5.41, 5.74) is 7.04. The van der Waals surface area contributed by atoms with Crippen molar-refractivity contribution in [3.63, 3.8) is 0 Å². The number of aliphatic imine (C=N–C) groups is 1. The summed E-state index contributed by atoms with van der Waals surface area (Å²) in [7, 11) is 2.00. The fourth-order valence-electron chi connectivity index (χ4n) is 2.19. The fraction of sp³-hybridized carbons (Fsp3) is 0.500. The molecule has 2 N–H and O–H groups in total. The molecule has 0 radical (unpaired) electrons. The lowest BCUT2D eigenvalue weighted by Crippen LogP contribution is -2.35. The van der Waals surface area contributed by atoms with Crippen LogP contribution in [0.3, 0.4) is 0 Å². The molecular weight excluding hydrogens is 449 g/mol. The minimum atomic E-state index is 0. The Hall–Kier alpha value is -0.700. The number of ether oxygens (including phenoxy) is 2. The van der Waals surface area contributed by atoms with Gasteiger partial charge in [-0.15, -0.1) is 24.0 Å². The Balaban J connectivity index is 0.00000161. The van der Waals surface area contributed by atoms with Gasteiger partial charge in [-0.25, -0.2) is 4.99 Å². The topological polar surface area (TPSA) is 60.1 Å². The highest BCUT2D eigenvalue weighted by molar-refractivity contribution is 14.0. The quantitative estimate of drug-likeness (QED) is 0.422. The van der Waals surface area contributed by atoms with E-state index in [1.54, 1.807) is 0 Å². The molecule has 0 aromatic heterocycles. The monoisotopic (exact) mass is 467 g/mol. The molecule has 1 aliphatic heterocycles. The highest BCUT2D eigenvalue weighted by atomic mass is 127. The van der Waals surface area contributed by atoms with E-state index in [0.29, 0.717) is 31.8 Å². The fourth-order valence-corrected chi connectivity index (χ4v) is 2.79. The molecule has 1 fully saturated rings. The van der Waals surface area contributed by atoms with Gasteiger partial charge in [0.1, 0.15) is 13.2 Å². The Kier molecular flexibility index (Phi) is 5.59. The van der Waals surface area contributed by atoms with Gasteiger partial charge in [0.15, 0.2) is 17.5 Å². The van der Waals surface area contributed by atoms with E-state index in [4.69, 9.17) is 15.2 Å². The second-order valence-corrected chi connectivity index (χ2v) is 5.97. The zero-order chi connectivity index (χ0) is 14.1. The van der Waals surface area contributed by atoms with Gasteiger partial charge in [0, 0.05) is 13.1 Å². The molecule has 1 saturated carbocycles. The Bertz CT molecular complexity index is 549. The average Bonchev–Trinajstić information content (AvgIpc) is 3.28. The third-order valence-electron chi connectivity index (χ3n) is 3.54. The summed E-state index contributed by atoms with van der Waals surface area (Å²) in [6, 6.07) is 4.54. The van der Waals surface area contributed by atoms with Gasteiger partial charge in [-0.05, 0) is 46.5 Å². The van der Waals surface area contributed by atoms with E-state index in [1.807, 2.05) is 24.1 Å². The van der Waals surface area contributed by atoms with Crippen LogP contribution in [0.2, 0.25) is 0 Å². The van der Waals surface area contributed by atoms with Crippen LogP contribution >= 0.6 is 39.9 Å². The van der Waals surface area contributed by atoms with E-state index in [1.165, 1.54) is 12.8 Å². The number of nitrogens with zero attached hydrogens (tertiary/aromatic N) is 2. The van der Waals surface area contributed by atoms with Crippen molar-refractivity contribution in [2.75, 3.05) is 20.3 Å². The van der Waals surface area contributed by atoms with Crippen LogP contribution in [0.1, 0.15) is 18.4 Å². The van der Waals surface area contributed by atoms with Crippen molar-refractivity contribution in [3.05, 3.63) is 22.2 Å². The van der Waals surface area contributed by atoms with Gasteiger partial charge in [-0.2, -0.15) is 0 Å². The van der Waals surface area contributed by atoms with Gasteiger partial charge in [-0.1, -0.05) is 0 Å². The second-order valence-electron chi connectivity index (χ2n) is 5.12. The highest BCUT2D eigenvalue weighted by Crippen LogP contribution is 2.38. The lowest BCUT2D eigenvalue weighted by molar-refractivity contribution is 0.170. The van der Waals surface area contributed by atoms with Gasteiger partial charge >= 0.3 is 0 Å². The first-order valence-electron chi connectivity index (χ1n) is 6.76. The number of rotatable bonds is 3. The van der Waals surface area contributed by atoms with Gasteiger partial charge in [0.2, 0.25) is 0 Å². The maximum Gasteiger partial charge on any atom is 0.191 e. The number of guanidine groups is 1. The molecule has 1 aliphatic carbocycles. The van der Waals surface area contributed by atoms with Crippen molar-refractivity contribution in [1.29, 1.82) is 0 Å². The third kappa shape index (κ3) is 3.94. The Labute approximate surface area is 150 Å². The standard InChI is InChI=1S/C14H18BrN3O2.HI/c1-18(10-2-3-10)14(16)17-8-9-6-11(15)13-12(7-9)19-4-5-20-13;/h6-7,10H,2-5,8H2,1H3,(H2,16,17);1H. The van der Waals surface area contributed by atoms with Crippen LogP contribution in [0.5, 0.6) is 11.5 Å². The van der Waals surface area contributed by atoms with Gasteiger partial charge in [0.25, 0.3) is 0 Å². The second kappa shape index (κ2) is 7.04. The van der Waals surface area contributed by atoms with Gasteiger partial charge in [0.05, 0.1) is 11.0 Å². The van der Waals surface area contributed by atoms with Crippen molar-refractivity contribution in [2.24, 2.45) is 10.7 Å². The Morgan fingerprint density at radius 3 is 2.81 bits per heavy atom. The van der Waals surface area contributed by atoms with Crippen LogP contribution in [0.4, 0.5) is 0 Å². The SMILES string of the molecule is CN(C(N)=NCc1cc(Br)c2c(c1)OCCO2)C1CC1.I. The molecule has 3 rings (SSSR count). The maximum atomic E-state index is 5.99. The maximum absolute atomic E-state index is 5.99. The van der Waals surface area contributed by atoms with Crippen molar-refractivity contribution < 1.29 is 9.47 Å². The summed E-state index contributed by atoms with van der Waals surface area (Å²) in [5.74, 6) is 2.13. The molecule has 0 bridgehead atoms. The number of halogens is 2. The number of hydrogen-bond donors (Lipinski definition) is 1. The molecule has 0 saturated heterocycles. The summed E-state index contributed by atoms with van der Waals surface area (Å²) in [6.45, 7) is 1.71. The number of fused-ring (bicyclic) bond motifs is 1. The molecule has 7 heteroatoms. The molecule has 1 heterocycles. The molecule has 0 spiro atoms. The van der Waals surface area contributed by atoms with E-state index >= 15 is 0 Å². The molecule has 21 heavy (non-hydrogen) atoms. The number of benzene rings is 1. The van der Waals surface area contributed by atoms with Crippen LogP contribution in [-0.4, -0.2) is 37.2 Å². The van der Waals surface area contributed by atoms with Crippen LogP contribution in [0.15, 0.2) is 21.6 Å². The zero-order valence-corrected chi connectivity index (χ0v) is 15.8. The van der Waals surface area contributed by atoms with Gasteiger partial charge < -0.3 is 20.1 Å². The molecule has 1 aromatic rings. The molecular formula is C14H19BrIN3O2. The molecule has 2 aliphatic rings. The van der Waals surface area contributed by atoms with Crippen molar-refractivity contribution in [3.8, 4) is 11.5 Å². The number of nitrogens with two attached hydrogens (primary N) is 1. The van der Waals surface area contributed by atoms with Crippen LogP contribution < -0.4 is 15.2 Å². The molecule has 0 amide bonds. The van der Waals surface area contributed by atoms with E-state index in [9.17, 15) is 0 Å². The number of hydrogen-bond acceptors (Lipinski definition) is 3. The summed E-state index contributed by atoms with van der Waals surface area (Å²) in [4.78, 5) is 6.50. The third-order valence-corrected chi connectivity index (χ3v) is 4.13. The van der Waals surface area contributed by atoms with E-state index in [0.717, 1.165) is 21.5 Å². The van der Waals surface area contributed by atoms with Crippen LogP contribution in [0.25, 0.3) is 0 Å². The largest absolute Gasteiger partial charge is 0.486 e. The van der Waals surface area contributed by atoms with Crippen LogP contribution in [0, 0.1) is 0 Å². The molecule has 0 unspecified atom stereocenters. The molecule has 0 atom stereocenters. The van der Waals surface area contributed by atoms with Gasteiger partial charge in [-0.3, -0.25) is 0 Å². The first-order valence-corrected chi connectivity index (χ1v) is 7.55. The molecule has 116 valence electrons. The Morgan fingerprint density at radius 1 is 1.38 bits per heavy atom. The Morgan fingerprint density at radius 2 is 2.10 bits per heavy atom. The summed E-state index contributed by atoms with van der Waals surface area (Å²) in [5, 5.41) is 0. The highest BCUT2D eigenvalue weighted by Gasteiger charge is 2.27. The minimum Gasteiger partial charge on any atom is -0.486 e. The average molecular weight is 468 g/mol. The van der Waals surface area contributed by atoms with E-state index in [-0.39, 0.29) is 24.0 Å². The van der Waals surface area contributed by atoms with E-state index < -0.39 is 0 Å². The van der Waals surface area contributed by atoms with Crippen molar-refractivity contribution in [2.45, 2.75) is 25.4 Å². The first kappa shape index (κ1) is 16.7. The molecule has 5 nitrogen and oxygen atoms in total. The minimum absolute atomic E-state index is 0. The summed E-state index contributed by atoms with van der Waals surface area (Å²) >= 11 is 3.51. The normalized spacial score (nSPS) is 17.1. The van der Waals surface area contributed by atoms with Crippen LogP contribution in [-0.2, 0) is 6.54 Å². The summed E-state index contributed by atoms with van der Waals surface area (Å²) < 4.78 is 12.1. The predicted molar refractivity (Wildman–Crippen MR) is 96.7 cm³/mol. The smallest absolute Gasteiger partial charge is 0.191 e. The predicted octanol–water partition coefficient (Wildman–Crippen LogP) is 2.75. The lowest BCUT2D eigenvalue weighted by atomic mass is 10.2. The summed E-state index contributed by atoms with van der Waals surface area (Å²) in [6.07, 6.45) is 2.42.